The van der Waals surface area contributed by atoms with Crippen LogP contribution < -0.4 is 10.2 Å². The lowest BCUT2D eigenvalue weighted by molar-refractivity contribution is 0.0260. The Kier molecular flexibility index (Phi) is 7.07. The van der Waals surface area contributed by atoms with E-state index in [1.807, 2.05) is 0 Å². The molecule has 2 saturated heterocycles. The Morgan fingerprint density at radius 2 is 1.95 bits per heavy atom. The van der Waals surface area contributed by atoms with Gasteiger partial charge in [-0.05, 0) is 69.1 Å². The van der Waals surface area contributed by atoms with Crippen LogP contribution in [-0.2, 0) is 10.5 Å². The molecule has 3 aliphatic heterocycles. The highest BCUT2D eigenvalue weighted by Gasteiger charge is 2.51. The van der Waals surface area contributed by atoms with Crippen LogP contribution >= 0.6 is 11.6 Å². The Hall–Kier alpha value is -3.99. The number of nitrogens with zero attached hydrogens (tertiary/aromatic N) is 3. The zero-order valence-corrected chi connectivity index (χ0v) is 24.1. The molecule has 3 aromatic carbocycles. The van der Waals surface area contributed by atoms with Crippen LogP contribution in [0.15, 0.2) is 60.7 Å². The Balaban J connectivity index is 1.15. The van der Waals surface area contributed by atoms with E-state index in [1.54, 1.807) is 42.5 Å². The smallest absolute Gasteiger partial charge is 0.413 e. The number of aliphatic hydroxyl groups is 1. The van der Waals surface area contributed by atoms with Gasteiger partial charge >= 0.3 is 6.09 Å². The summed E-state index contributed by atoms with van der Waals surface area (Å²) in [5.41, 5.74) is -0.337. The third kappa shape index (κ3) is 4.74. The van der Waals surface area contributed by atoms with Gasteiger partial charge in [-0.3, -0.25) is 19.9 Å². The van der Waals surface area contributed by atoms with Gasteiger partial charge in [0.15, 0.2) is 11.5 Å². The standard InChI is InChI=1S/C32H31ClFN5O4/c33-23-10-5-12-27(28(23)34)39-29(40)21-8-1-2-9-22(21)32(39,42)20-13-14-24-25(17-20)36-30(35-24)37-31(41)43-18-19-7-6-16-38-15-4-3-11-26(19)38/h1-2,5,8-10,12-14,17,19,26,42H,3-4,6-7,11,15-16,18H2,(H2,35,36,37,41). The third-order valence-corrected chi connectivity index (χ3v) is 9.29. The quantitative estimate of drug-likeness (QED) is 0.257. The van der Waals surface area contributed by atoms with Crippen LogP contribution in [-0.4, -0.2) is 57.7 Å². The van der Waals surface area contributed by atoms with E-state index in [2.05, 4.69) is 20.2 Å². The summed E-state index contributed by atoms with van der Waals surface area (Å²) in [5, 5.41) is 14.8. The van der Waals surface area contributed by atoms with Crippen molar-refractivity contribution in [2.24, 2.45) is 5.92 Å². The van der Waals surface area contributed by atoms with Gasteiger partial charge in [0, 0.05) is 28.7 Å². The number of nitrogens with one attached hydrogen (secondary N) is 2. The number of imidazole rings is 1. The van der Waals surface area contributed by atoms with E-state index in [4.69, 9.17) is 16.3 Å². The molecule has 3 N–H and O–H groups in total. The fourth-order valence-electron chi connectivity index (χ4n) is 6.97. The minimum absolute atomic E-state index is 0.152. The van der Waals surface area contributed by atoms with Gasteiger partial charge in [0.05, 0.1) is 28.4 Å². The molecule has 3 atom stereocenters. The second-order valence-corrected chi connectivity index (χ2v) is 11.9. The molecule has 0 aliphatic carbocycles. The SMILES string of the molecule is O=C(Nc1nc2ccc(C3(O)c4ccccc4C(=O)N3c3cccc(Cl)c3F)cc2[nH]1)OCC1CCCN2CCCCC12. The van der Waals surface area contributed by atoms with Crippen LogP contribution in [0.1, 0.15) is 53.6 Å². The van der Waals surface area contributed by atoms with Gasteiger partial charge in [0.25, 0.3) is 5.91 Å². The predicted octanol–water partition coefficient (Wildman–Crippen LogP) is 6.02. The molecular formula is C32H31ClFN5O4. The van der Waals surface area contributed by atoms with Crippen molar-refractivity contribution in [3.05, 3.63) is 88.2 Å². The predicted molar refractivity (Wildman–Crippen MR) is 161 cm³/mol. The molecule has 0 radical (unpaired) electrons. The molecule has 0 saturated carbocycles. The van der Waals surface area contributed by atoms with Crippen LogP contribution in [0.25, 0.3) is 11.0 Å². The molecule has 3 aliphatic rings. The fourth-order valence-corrected chi connectivity index (χ4v) is 7.14. The van der Waals surface area contributed by atoms with E-state index in [1.165, 1.54) is 31.0 Å². The number of H-pyrrole nitrogens is 1. The van der Waals surface area contributed by atoms with Gasteiger partial charge in [-0.15, -0.1) is 0 Å². The second-order valence-electron chi connectivity index (χ2n) is 11.5. The van der Waals surface area contributed by atoms with Gasteiger partial charge in [-0.25, -0.2) is 14.2 Å². The van der Waals surface area contributed by atoms with Crippen molar-refractivity contribution >= 4 is 46.3 Å². The molecule has 4 heterocycles. The summed E-state index contributed by atoms with van der Waals surface area (Å²) in [6, 6.07) is 16.3. The molecule has 43 heavy (non-hydrogen) atoms. The molecule has 1 aromatic heterocycles. The van der Waals surface area contributed by atoms with Crippen molar-refractivity contribution in [1.29, 1.82) is 0 Å². The first-order chi connectivity index (χ1) is 20.8. The number of benzene rings is 3. The van der Waals surface area contributed by atoms with E-state index in [9.17, 15) is 14.7 Å². The molecule has 11 heteroatoms. The molecule has 2 amide bonds. The van der Waals surface area contributed by atoms with E-state index < -0.39 is 23.5 Å². The number of carbonyl (C=O) groups excluding carboxylic acids is 2. The third-order valence-electron chi connectivity index (χ3n) is 8.99. The lowest BCUT2D eigenvalue weighted by atomic mass is 9.84. The number of amides is 2. The summed E-state index contributed by atoms with van der Waals surface area (Å²) in [6.45, 7) is 2.59. The van der Waals surface area contributed by atoms with Crippen molar-refractivity contribution in [3.63, 3.8) is 0 Å². The average molecular weight is 604 g/mol. The zero-order valence-electron chi connectivity index (χ0n) is 23.4. The lowest BCUT2D eigenvalue weighted by Crippen LogP contribution is -2.49. The highest BCUT2D eigenvalue weighted by molar-refractivity contribution is 6.31. The first kappa shape index (κ1) is 27.8. The molecule has 2 fully saturated rings. The van der Waals surface area contributed by atoms with Crippen LogP contribution in [0.2, 0.25) is 5.02 Å². The number of piperidine rings is 2. The van der Waals surface area contributed by atoms with Crippen LogP contribution in [0.5, 0.6) is 0 Å². The number of halogens is 2. The van der Waals surface area contributed by atoms with Crippen LogP contribution in [0.4, 0.5) is 20.8 Å². The van der Waals surface area contributed by atoms with E-state index >= 15 is 4.39 Å². The Labute approximate surface area is 252 Å². The first-order valence-corrected chi connectivity index (χ1v) is 15.0. The number of carbonyl (C=O) groups is 2. The van der Waals surface area contributed by atoms with Crippen LogP contribution in [0.3, 0.4) is 0 Å². The number of rotatable bonds is 5. The maximum Gasteiger partial charge on any atom is 0.413 e. The van der Waals surface area contributed by atoms with Crippen molar-refractivity contribution in [1.82, 2.24) is 14.9 Å². The number of anilines is 2. The molecule has 0 spiro atoms. The van der Waals surface area contributed by atoms with Gasteiger partial charge < -0.3 is 14.8 Å². The van der Waals surface area contributed by atoms with Gasteiger partial charge in [-0.1, -0.05) is 48.4 Å². The minimum Gasteiger partial charge on any atom is -0.449 e. The molecule has 9 nitrogen and oxygen atoms in total. The molecule has 4 aromatic rings. The molecule has 222 valence electrons. The summed E-state index contributed by atoms with van der Waals surface area (Å²) < 4.78 is 20.9. The summed E-state index contributed by atoms with van der Waals surface area (Å²) in [4.78, 5) is 37.3. The fraction of sp³-hybridized carbons (Fsp3) is 0.344. The molecular weight excluding hydrogens is 573 g/mol. The molecule has 7 rings (SSSR count). The summed E-state index contributed by atoms with van der Waals surface area (Å²) in [5.74, 6) is -0.875. The largest absolute Gasteiger partial charge is 0.449 e. The number of ether oxygens (including phenoxy) is 1. The van der Waals surface area contributed by atoms with Crippen molar-refractivity contribution in [2.75, 3.05) is 29.9 Å². The minimum atomic E-state index is -2.04. The Bertz CT molecular complexity index is 1730. The first-order valence-electron chi connectivity index (χ1n) is 14.6. The van der Waals surface area contributed by atoms with Crippen LogP contribution in [0, 0.1) is 11.7 Å². The number of hydrogen-bond donors (Lipinski definition) is 3. The maximum absolute atomic E-state index is 15.2. The monoisotopic (exact) mass is 603 g/mol. The van der Waals surface area contributed by atoms with Gasteiger partial charge in [0.2, 0.25) is 5.95 Å². The molecule has 0 bridgehead atoms. The Morgan fingerprint density at radius 1 is 1.12 bits per heavy atom. The summed E-state index contributed by atoms with van der Waals surface area (Å²) in [6.07, 6.45) is 5.16. The Morgan fingerprint density at radius 3 is 2.84 bits per heavy atom. The van der Waals surface area contributed by atoms with Crippen molar-refractivity contribution in [2.45, 2.75) is 43.9 Å². The highest BCUT2D eigenvalue weighted by Crippen LogP contribution is 2.46. The van der Waals surface area contributed by atoms with Crippen molar-refractivity contribution < 1.29 is 23.8 Å². The summed E-state index contributed by atoms with van der Waals surface area (Å²) in [7, 11) is 0. The van der Waals surface area contributed by atoms with E-state index in [-0.39, 0.29) is 22.2 Å². The average Bonchev–Trinajstić information content (AvgIpc) is 3.53. The van der Waals surface area contributed by atoms with Gasteiger partial charge in [-0.2, -0.15) is 0 Å². The summed E-state index contributed by atoms with van der Waals surface area (Å²) >= 11 is 6.05. The lowest BCUT2D eigenvalue weighted by Gasteiger charge is -2.44. The maximum atomic E-state index is 15.2. The molecule has 3 unspecified atom stereocenters. The number of fused-ring (bicyclic) bond motifs is 3. The number of aromatic nitrogens is 2. The van der Waals surface area contributed by atoms with Crippen molar-refractivity contribution in [3.8, 4) is 0 Å². The normalized spacial score (nSPS) is 23.7. The van der Waals surface area contributed by atoms with Gasteiger partial charge in [0.1, 0.15) is 0 Å². The van der Waals surface area contributed by atoms with E-state index in [0.717, 1.165) is 37.3 Å². The zero-order chi connectivity index (χ0) is 29.7. The topological polar surface area (TPSA) is 111 Å². The second kappa shape index (κ2) is 10.9. The van der Waals surface area contributed by atoms with E-state index in [0.29, 0.717) is 40.7 Å². The highest BCUT2D eigenvalue weighted by atomic mass is 35.5. The number of hydrogen-bond acceptors (Lipinski definition) is 6. The number of aromatic amines is 1.